The number of aryl methyl sites for hydroxylation is 2. The predicted octanol–water partition coefficient (Wildman–Crippen LogP) is 2.67. The second-order valence-electron chi connectivity index (χ2n) is 7.01. The monoisotopic (exact) mass is 418 g/mol. The van der Waals surface area contributed by atoms with Crippen molar-refractivity contribution < 1.29 is 19.4 Å². The summed E-state index contributed by atoms with van der Waals surface area (Å²) in [5, 5.41) is 18.8. The van der Waals surface area contributed by atoms with Gasteiger partial charge in [0, 0.05) is 10.8 Å². The fourth-order valence-corrected chi connectivity index (χ4v) is 3.65. The maximum atomic E-state index is 12.8. The summed E-state index contributed by atoms with van der Waals surface area (Å²) in [4.78, 5) is 28.7. The summed E-state index contributed by atoms with van der Waals surface area (Å²) in [5.74, 6) is -1.41. The molecule has 0 aliphatic heterocycles. The topological polar surface area (TPSA) is 106 Å². The highest BCUT2D eigenvalue weighted by Gasteiger charge is 2.23. The van der Waals surface area contributed by atoms with Crippen LogP contribution in [0.4, 0.5) is 0 Å². The van der Waals surface area contributed by atoms with Crippen molar-refractivity contribution in [1.29, 1.82) is 0 Å². The van der Waals surface area contributed by atoms with Gasteiger partial charge in [0.15, 0.2) is 17.1 Å². The van der Waals surface area contributed by atoms with E-state index in [1.807, 2.05) is 30.3 Å². The summed E-state index contributed by atoms with van der Waals surface area (Å²) in [6, 6.07) is 15.7. The van der Waals surface area contributed by atoms with Crippen molar-refractivity contribution in [3.63, 3.8) is 0 Å². The number of nitrogens with one attached hydrogen (secondary N) is 1. The molecular weight excluding hydrogens is 396 g/mol. The molecule has 2 aromatic carbocycles. The number of benzene rings is 2. The first-order valence-electron chi connectivity index (χ1n) is 10.0. The third-order valence-corrected chi connectivity index (χ3v) is 5.05. The molecule has 0 unspecified atom stereocenters. The van der Waals surface area contributed by atoms with Gasteiger partial charge in [0.1, 0.15) is 12.9 Å². The Bertz CT molecular complexity index is 1250. The van der Waals surface area contributed by atoms with Gasteiger partial charge >= 0.3 is 5.97 Å². The van der Waals surface area contributed by atoms with E-state index in [0.717, 1.165) is 23.8 Å². The number of pyridine rings is 1. The van der Waals surface area contributed by atoms with Crippen LogP contribution in [0.3, 0.4) is 0 Å². The molecule has 0 bridgehead atoms. The number of nitrogens with zero attached hydrogens (tertiary/aromatic N) is 3. The molecule has 0 saturated heterocycles. The number of hydrogen-bond donors (Lipinski definition) is 2. The number of ether oxygens (including phenoxy) is 1. The van der Waals surface area contributed by atoms with Crippen LogP contribution in [0.2, 0.25) is 0 Å². The molecule has 0 aliphatic carbocycles. The molecule has 0 radical (unpaired) electrons. The minimum Gasteiger partial charge on any atom is -0.505 e. The van der Waals surface area contributed by atoms with E-state index in [-0.39, 0.29) is 24.6 Å². The lowest BCUT2D eigenvalue weighted by molar-refractivity contribution is -0.141. The maximum absolute atomic E-state index is 12.8. The molecular formula is C23H22N4O4. The van der Waals surface area contributed by atoms with Crippen LogP contribution in [0, 0.1) is 0 Å². The van der Waals surface area contributed by atoms with Gasteiger partial charge in [-0.25, -0.2) is 9.50 Å². The van der Waals surface area contributed by atoms with Crippen LogP contribution < -0.4 is 5.32 Å². The minimum absolute atomic E-state index is 0.0792. The van der Waals surface area contributed by atoms with E-state index >= 15 is 0 Å². The van der Waals surface area contributed by atoms with E-state index in [1.54, 1.807) is 13.0 Å². The molecule has 2 aromatic heterocycles. The highest BCUT2D eigenvalue weighted by atomic mass is 16.5. The van der Waals surface area contributed by atoms with E-state index in [4.69, 9.17) is 4.74 Å². The molecule has 1 amide bonds. The van der Waals surface area contributed by atoms with E-state index in [1.165, 1.54) is 16.4 Å². The Hall–Kier alpha value is -3.94. The SMILES string of the molecule is CCOC(=O)CNC(=O)c1c(O)c2cccc(CCc3ccccc3)c2c2ncnn12. The predicted molar refractivity (Wildman–Crippen MR) is 115 cm³/mol. The molecule has 0 aliphatic rings. The molecule has 8 nitrogen and oxygen atoms in total. The molecule has 2 N–H and O–H groups in total. The highest BCUT2D eigenvalue weighted by Crippen LogP contribution is 2.33. The van der Waals surface area contributed by atoms with Gasteiger partial charge in [0.25, 0.3) is 5.91 Å². The zero-order valence-corrected chi connectivity index (χ0v) is 17.0. The molecule has 8 heteroatoms. The second kappa shape index (κ2) is 8.83. The minimum atomic E-state index is -0.641. The molecule has 31 heavy (non-hydrogen) atoms. The first kappa shape index (κ1) is 20.3. The van der Waals surface area contributed by atoms with Gasteiger partial charge < -0.3 is 15.2 Å². The number of aromatic nitrogens is 3. The fourth-order valence-electron chi connectivity index (χ4n) is 3.65. The lowest BCUT2D eigenvalue weighted by atomic mass is 9.98. The number of amides is 1. The summed E-state index contributed by atoms with van der Waals surface area (Å²) in [5.41, 5.74) is 2.59. The summed E-state index contributed by atoms with van der Waals surface area (Å²) in [7, 11) is 0. The zero-order valence-electron chi connectivity index (χ0n) is 17.0. The zero-order chi connectivity index (χ0) is 21.8. The van der Waals surface area contributed by atoms with Crippen LogP contribution in [0.1, 0.15) is 28.5 Å². The van der Waals surface area contributed by atoms with Crippen LogP contribution >= 0.6 is 0 Å². The van der Waals surface area contributed by atoms with Crippen LogP contribution in [0.15, 0.2) is 54.9 Å². The summed E-state index contributed by atoms with van der Waals surface area (Å²) >= 11 is 0. The van der Waals surface area contributed by atoms with E-state index in [9.17, 15) is 14.7 Å². The van der Waals surface area contributed by atoms with Crippen LogP contribution in [0.5, 0.6) is 5.75 Å². The lowest BCUT2D eigenvalue weighted by Crippen LogP contribution is -2.32. The number of esters is 1. The molecule has 2 heterocycles. The number of aromatic hydroxyl groups is 1. The fraction of sp³-hybridized carbons (Fsp3) is 0.217. The summed E-state index contributed by atoms with van der Waals surface area (Å²) in [6.45, 7) is 1.59. The Kier molecular flexibility index (Phi) is 5.79. The van der Waals surface area contributed by atoms with Gasteiger partial charge in [-0.05, 0) is 30.9 Å². The number of carbonyl (C=O) groups excluding carboxylic acids is 2. The Morgan fingerprint density at radius 2 is 1.90 bits per heavy atom. The van der Waals surface area contributed by atoms with Crippen LogP contribution in [-0.4, -0.2) is 44.7 Å². The average Bonchev–Trinajstić information content (AvgIpc) is 3.26. The van der Waals surface area contributed by atoms with Crippen molar-refractivity contribution >= 4 is 28.3 Å². The van der Waals surface area contributed by atoms with Gasteiger partial charge in [-0.2, -0.15) is 5.10 Å². The molecule has 4 rings (SSSR count). The number of rotatable bonds is 7. The van der Waals surface area contributed by atoms with Crippen molar-refractivity contribution in [2.75, 3.05) is 13.2 Å². The number of hydrogen-bond acceptors (Lipinski definition) is 6. The Morgan fingerprint density at radius 1 is 1.10 bits per heavy atom. The van der Waals surface area contributed by atoms with Crippen molar-refractivity contribution in [2.24, 2.45) is 0 Å². The second-order valence-corrected chi connectivity index (χ2v) is 7.01. The summed E-state index contributed by atoms with van der Waals surface area (Å²) in [6.07, 6.45) is 2.89. The third kappa shape index (κ3) is 4.05. The lowest BCUT2D eigenvalue weighted by Gasteiger charge is -2.13. The van der Waals surface area contributed by atoms with Crippen molar-refractivity contribution in [1.82, 2.24) is 19.9 Å². The normalized spacial score (nSPS) is 11.0. The molecule has 0 fully saturated rings. The van der Waals surface area contributed by atoms with Gasteiger partial charge in [-0.15, -0.1) is 0 Å². The molecule has 0 saturated carbocycles. The van der Waals surface area contributed by atoms with E-state index < -0.39 is 11.9 Å². The molecule has 158 valence electrons. The van der Waals surface area contributed by atoms with Crippen molar-refractivity contribution in [3.05, 3.63) is 71.7 Å². The smallest absolute Gasteiger partial charge is 0.325 e. The molecule has 0 atom stereocenters. The molecule has 4 aromatic rings. The number of carbonyl (C=O) groups is 2. The Morgan fingerprint density at radius 3 is 2.68 bits per heavy atom. The van der Waals surface area contributed by atoms with Gasteiger partial charge in [-0.3, -0.25) is 9.59 Å². The van der Waals surface area contributed by atoms with Crippen LogP contribution in [-0.2, 0) is 22.4 Å². The van der Waals surface area contributed by atoms with E-state index in [2.05, 4.69) is 27.5 Å². The van der Waals surface area contributed by atoms with Crippen LogP contribution in [0.25, 0.3) is 16.4 Å². The quantitative estimate of drug-likeness (QED) is 0.447. The van der Waals surface area contributed by atoms with Gasteiger partial charge in [0.2, 0.25) is 0 Å². The highest BCUT2D eigenvalue weighted by molar-refractivity contribution is 6.08. The van der Waals surface area contributed by atoms with Crippen molar-refractivity contribution in [3.8, 4) is 5.75 Å². The van der Waals surface area contributed by atoms with Gasteiger partial charge in [-0.1, -0.05) is 48.5 Å². The number of fused-ring (bicyclic) bond motifs is 3. The third-order valence-electron chi connectivity index (χ3n) is 5.05. The maximum Gasteiger partial charge on any atom is 0.325 e. The van der Waals surface area contributed by atoms with E-state index in [0.29, 0.717) is 11.0 Å². The standard InChI is InChI=1S/C23H22N4O4/c1-2-31-18(28)13-24-23(30)20-21(29)17-10-6-9-16(12-11-15-7-4-3-5-8-15)19(17)22-25-14-26-27(20)22/h3-10,14,29H,2,11-13H2,1H3,(H,24,30). The largest absolute Gasteiger partial charge is 0.505 e. The van der Waals surface area contributed by atoms with Gasteiger partial charge in [0.05, 0.1) is 6.61 Å². The van der Waals surface area contributed by atoms with Crippen molar-refractivity contribution in [2.45, 2.75) is 19.8 Å². The first-order valence-corrected chi connectivity index (χ1v) is 10.0. The molecule has 0 spiro atoms. The average molecular weight is 418 g/mol. The Balaban J connectivity index is 1.73. The Labute approximate surface area is 178 Å². The summed E-state index contributed by atoms with van der Waals surface area (Å²) < 4.78 is 6.14. The first-order chi connectivity index (χ1) is 15.1.